The molecule has 1 aromatic rings. The highest BCUT2D eigenvalue weighted by Crippen LogP contribution is 2.36. The Morgan fingerprint density at radius 1 is 1.15 bits per heavy atom. The van der Waals surface area contributed by atoms with E-state index in [0.717, 1.165) is 12.8 Å². The molecule has 1 aliphatic carbocycles. The molecule has 0 radical (unpaired) electrons. The quantitative estimate of drug-likeness (QED) is 0.891. The SMILES string of the molecule is COc1cc(F)c(C(O)CC2CCCCC2)cc1OC. The average Bonchev–Trinajstić information content (AvgIpc) is 2.47. The van der Waals surface area contributed by atoms with Crippen LogP contribution in [0.5, 0.6) is 11.5 Å². The highest BCUT2D eigenvalue weighted by Gasteiger charge is 2.22. The van der Waals surface area contributed by atoms with Crippen molar-refractivity contribution in [1.82, 2.24) is 0 Å². The number of aliphatic hydroxyl groups is 1. The summed E-state index contributed by atoms with van der Waals surface area (Å²) in [6.45, 7) is 0. The van der Waals surface area contributed by atoms with Gasteiger partial charge in [-0.2, -0.15) is 0 Å². The average molecular weight is 282 g/mol. The van der Waals surface area contributed by atoms with Crippen LogP contribution in [0.15, 0.2) is 12.1 Å². The summed E-state index contributed by atoms with van der Waals surface area (Å²) in [7, 11) is 2.97. The van der Waals surface area contributed by atoms with Gasteiger partial charge in [0.25, 0.3) is 0 Å². The lowest BCUT2D eigenvalue weighted by atomic mass is 9.84. The van der Waals surface area contributed by atoms with Crippen molar-refractivity contribution in [2.45, 2.75) is 44.6 Å². The van der Waals surface area contributed by atoms with Crippen molar-refractivity contribution in [3.63, 3.8) is 0 Å². The van der Waals surface area contributed by atoms with Gasteiger partial charge in [-0.05, 0) is 18.4 Å². The molecule has 1 saturated carbocycles. The van der Waals surface area contributed by atoms with Gasteiger partial charge in [-0.15, -0.1) is 0 Å². The molecule has 3 nitrogen and oxygen atoms in total. The standard InChI is InChI=1S/C16H23FO3/c1-19-15-9-12(13(17)10-16(15)20-2)14(18)8-11-6-4-3-5-7-11/h9-11,14,18H,3-8H2,1-2H3. The van der Waals surface area contributed by atoms with Gasteiger partial charge in [-0.3, -0.25) is 0 Å². The minimum absolute atomic E-state index is 0.299. The molecule has 0 heterocycles. The van der Waals surface area contributed by atoms with E-state index >= 15 is 0 Å². The van der Waals surface area contributed by atoms with Crippen molar-refractivity contribution in [3.8, 4) is 11.5 Å². The van der Waals surface area contributed by atoms with Crippen molar-refractivity contribution < 1.29 is 19.0 Å². The third kappa shape index (κ3) is 3.42. The van der Waals surface area contributed by atoms with Crippen LogP contribution < -0.4 is 9.47 Å². The van der Waals surface area contributed by atoms with Crippen molar-refractivity contribution in [1.29, 1.82) is 0 Å². The van der Waals surface area contributed by atoms with Crippen LogP contribution in [0.1, 0.15) is 50.2 Å². The first kappa shape index (κ1) is 15.1. The molecule has 1 aromatic carbocycles. The fourth-order valence-corrected chi connectivity index (χ4v) is 2.99. The van der Waals surface area contributed by atoms with E-state index in [1.165, 1.54) is 39.5 Å². The Kier molecular flexibility index (Phi) is 5.24. The van der Waals surface area contributed by atoms with E-state index in [1.807, 2.05) is 0 Å². The van der Waals surface area contributed by atoms with Crippen molar-refractivity contribution in [2.75, 3.05) is 14.2 Å². The molecule has 1 aliphatic rings. The predicted octanol–water partition coefficient (Wildman–Crippen LogP) is 3.85. The van der Waals surface area contributed by atoms with Gasteiger partial charge in [0.1, 0.15) is 5.82 Å². The van der Waals surface area contributed by atoms with Crippen LogP contribution in [0.3, 0.4) is 0 Å². The molecule has 20 heavy (non-hydrogen) atoms. The lowest BCUT2D eigenvalue weighted by molar-refractivity contribution is 0.127. The lowest BCUT2D eigenvalue weighted by Gasteiger charge is -2.24. The first-order chi connectivity index (χ1) is 9.65. The van der Waals surface area contributed by atoms with Gasteiger partial charge in [0.05, 0.1) is 20.3 Å². The van der Waals surface area contributed by atoms with E-state index in [9.17, 15) is 9.50 Å². The molecular weight excluding hydrogens is 259 g/mol. The topological polar surface area (TPSA) is 38.7 Å². The maximum atomic E-state index is 14.1. The second-order valence-corrected chi connectivity index (χ2v) is 5.48. The molecule has 0 amide bonds. The molecule has 1 atom stereocenters. The minimum atomic E-state index is -0.780. The Morgan fingerprint density at radius 3 is 2.35 bits per heavy atom. The summed E-state index contributed by atoms with van der Waals surface area (Å²) in [4.78, 5) is 0. The van der Waals surface area contributed by atoms with Crippen molar-refractivity contribution in [2.24, 2.45) is 5.92 Å². The van der Waals surface area contributed by atoms with Crippen molar-refractivity contribution >= 4 is 0 Å². The summed E-state index contributed by atoms with van der Waals surface area (Å²) < 4.78 is 24.3. The summed E-state index contributed by atoms with van der Waals surface area (Å²) >= 11 is 0. The molecule has 1 fully saturated rings. The van der Waals surface area contributed by atoms with Gasteiger partial charge in [0.15, 0.2) is 11.5 Å². The zero-order chi connectivity index (χ0) is 14.5. The number of hydrogen-bond acceptors (Lipinski definition) is 3. The summed E-state index contributed by atoms with van der Waals surface area (Å²) in [6.07, 6.45) is 5.80. The second kappa shape index (κ2) is 6.93. The van der Waals surface area contributed by atoms with Crippen LogP contribution in [0.25, 0.3) is 0 Å². The molecular formula is C16H23FO3. The number of ether oxygens (including phenoxy) is 2. The molecule has 1 N–H and O–H groups in total. The Hall–Kier alpha value is -1.29. The molecule has 0 aromatic heterocycles. The van der Waals surface area contributed by atoms with E-state index in [0.29, 0.717) is 29.4 Å². The highest BCUT2D eigenvalue weighted by atomic mass is 19.1. The molecule has 0 saturated heterocycles. The van der Waals surface area contributed by atoms with Gasteiger partial charge in [0.2, 0.25) is 0 Å². The maximum absolute atomic E-state index is 14.1. The fourth-order valence-electron chi connectivity index (χ4n) is 2.99. The van der Waals surface area contributed by atoms with Crippen LogP contribution in [-0.2, 0) is 0 Å². The van der Waals surface area contributed by atoms with Crippen LogP contribution in [0, 0.1) is 11.7 Å². The van der Waals surface area contributed by atoms with E-state index < -0.39 is 11.9 Å². The van der Waals surface area contributed by atoms with E-state index in [-0.39, 0.29) is 0 Å². The van der Waals surface area contributed by atoms with Crippen LogP contribution in [0.2, 0.25) is 0 Å². The van der Waals surface area contributed by atoms with E-state index in [2.05, 4.69) is 0 Å². The molecule has 2 rings (SSSR count). The zero-order valence-corrected chi connectivity index (χ0v) is 12.2. The largest absolute Gasteiger partial charge is 0.493 e. The summed E-state index contributed by atoms with van der Waals surface area (Å²) in [5.74, 6) is 0.849. The summed E-state index contributed by atoms with van der Waals surface area (Å²) in [6, 6.07) is 2.82. The number of benzene rings is 1. The monoisotopic (exact) mass is 282 g/mol. The van der Waals surface area contributed by atoms with E-state index in [4.69, 9.17) is 9.47 Å². The van der Waals surface area contributed by atoms with Gasteiger partial charge >= 0.3 is 0 Å². The highest BCUT2D eigenvalue weighted by molar-refractivity contribution is 5.44. The van der Waals surface area contributed by atoms with Gasteiger partial charge in [-0.25, -0.2) is 4.39 Å². The number of halogens is 1. The molecule has 0 spiro atoms. The molecule has 0 bridgehead atoms. The van der Waals surface area contributed by atoms with E-state index in [1.54, 1.807) is 6.07 Å². The Balaban J connectivity index is 2.13. The molecule has 1 unspecified atom stereocenters. The maximum Gasteiger partial charge on any atom is 0.163 e. The Morgan fingerprint density at radius 2 is 1.75 bits per heavy atom. The first-order valence-electron chi connectivity index (χ1n) is 7.25. The van der Waals surface area contributed by atoms with Crippen LogP contribution in [-0.4, -0.2) is 19.3 Å². The third-order valence-corrected chi connectivity index (χ3v) is 4.14. The fraction of sp³-hybridized carbons (Fsp3) is 0.625. The summed E-state index contributed by atoms with van der Waals surface area (Å²) in [5.41, 5.74) is 0.299. The van der Waals surface area contributed by atoms with Crippen molar-refractivity contribution in [3.05, 3.63) is 23.5 Å². The normalized spacial score (nSPS) is 17.8. The smallest absolute Gasteiger partial charge is 0.163 e. The van der Waals surface area contributed by atoms with Gasteiger partial charge in [-0.1, -0.05) is 32.1 Å². The Labute approximate surface area is 119 Å². The lowest BCUT2D eigenvalue weighted by Crippen LogP contribution is -2.12. The number of aliphatic hydroxyl groups excluding tert-OH is 1. The number of methoxy groups -OCH3 is 2. The molecule has 0 aliphatic heterocycles. The molecule has 112 valence electrons. The van der Waals surface area contributed by atoms with Crippen LogP contribution in [0.4, 0.5) is 4.39 Å². The first-order valence-corrected chi connectivity index (χ1v) is 7.25. The second-order valence-electron chi connectivity index (χ2n) is 5.48. The number of rotatable bonds is 5. The van der Waals surface area contributed by atoms with Crippen LogP contribution >= 0.6 is 0 Å². The Bertz CT molecular complexity index is 442. The van der Waals surface area contributed by atoms with Gasteiger partial charge in [0, 0.05) is 11.6 Å². The summed E-state index contributed by atoms with van der Waals surface area (Å²) in [5, 5.41) is 10.3. The predicted molar refractivity (Wildman–Crippen MR) is 75.7 cm³/mol. The van der Waals surface area contributed by atoms with Gasteiger partial charge < -0.3 is 14.6 Å². The third-order valence-electron chi connectivity index (χ3n) is 4.14. The number of hydrogen-bond donors (Lipinski definition) is 1. The minimum Gasteiger partial charge on any atom is -0.493 e. The molecule has 4 heteroatoms. The zero-order valence-electron chi connectivity index (χ0n) is 12.2.